The number of carboxylic acid groups (broad SMARTS) is 1. The number of rotatable bonds is 4. The fourth-order valence-electron chi connectivity index (χ4n) is 11.5. The lowest BCUT2D eigenvalue weighted by Crippen LogP contribution is -2.64. The van der Waals surface area contributed by atoms with Crippen molar-refractivity contribution in [2.45, 2.75) is 113 Å². The number of carbonyl (C=O) groups excluding carboxylic acids is 1. The maximum absolute atomic E-state index is 12.9. The van der Waals surface area contributed by atoms with Crippen molar-refractivity contribution in [2.24, 2.45) is 55.4 Å². The molecule has 1 aromatic rings. The highest BCUT2D eigenvalue weighted by Crippen LogP contribution is 2.75. The molecular formula is C39H53NO4. The maximum Gasteiger partial charge on any atom is 0.358 e. The van der Waals surface area contributed by atoms with Crippen molar-refractivity contribution in [3.8, 4) is 0 Å². The number of nitrogens with zero attached hydrogens (tertiary/aromatic N) is 1. The lowest BCUT2D eigenvalue weighted by molar-refractivity contribution is -0.179. The first kappa shape index (κ1) is 31.3. The number of carboxylic acids is 1. The summed E-state index contributed by atoms with van der Waals surface area (Å²) in [6.07, 6.45) is 15.4. The molecule has 0 heterocycles. The van der Waals surface area contributed by atoms with Gasteiger partial charge in [0.2, 0.25) is 0 Å². The number of carbonyl (C=O) groups is 2. The summed E-state index contributed by atoms with van der Waals surface area (Å²) < 4.78 is 0. The fourth-order valence-corrected chi connectivity index (χ4v) is 11.5. The number of allylic oxidation sites excluding steroid dienone is 2. The molecule has 0 bridgehead atoms. The van der Waals surface area contributed by atoms with Gasteiger partial charge in [0.15, 0.2) is 0 Å². The summed E-state index contributed by atoms with van der Waals surface area (Å²) in [6.45, 7) is 16.9. The first-order chi connectivity index (χ1) is 20.6. The first-order valence-corrected chi connectivity index (χ1v) is 17.0. The molecule has 4 saturated carbocycles. The zero-order valence-electron chi connectivity index (χ0n) is 28.0. The van der Waals surface area contributed by atoms with E-state index >= 15 is 0 Å². The van der Waals surface area contributed by atoms with E-state index in [-0.39, 0.29) is 33.0 Å². The zero-order valence-corrected chi connectivity index (χ0v) is 28.0. The van der Waals surface area contributed by atoms with Crippen LogP contribution in [0.1, 0.15) is 118 Å². The topological polar surface area (TPSA) is 76.0 Å². The third-order valence-corrected chi connectivity index (χ3v) is 14.3. The van der Waals surface area contributed by atoms with Crippen LogP contribution in [0.4, 0.5) is 0 Å². The quantitative estimate of drug-likeness (QED) is 0.162. The Hall–Kier alpha value is -2.69. The Morgan fingerprint density at radius 2 is 1.61 bits per heavy atom. The number of aliphatic carboxylic acids is 1. The van der Waals surface area contributed by atoms with Crippen LogP contribution in [0.15, 0.2) is 53.2 Å². The maximum atomic E-state index is 12.9. The summed E-state index contributed by atoms with van der Waals surface area (Å²) in [5, 5.41) is 15.1. The first-order valence-electron chi connectivity index (χ1n) is 17.0. The smallest absolute Gasteiger partial charge is 0.358 e. The molecule has 4 fully saturated rings. The van der Waals surface area contributed by atoms with Crippen molar-refractivity contribution in [2.75, 3.05) is 0 Å². The van der Waals surface area contributed by atoms with E-state index < -0.39 is 17.4 Å². The zero-order chi connectivity index (χ0) is 31.8. The van der Waals surface area contributed by atoms with Gasteiger partial charge < -0.3 is 9.94 Å². The minimum atomic E-state index is -0.600. The van der Waals surface area contributed by atoms with E-state index in [1.165, 1.54) is 11.6 Å². The van der Waals surface area contributed by atoms with Crippen LogP contribution in [0.2, 0.25) is 0 Å². The highest BCUT2D eigenvalue weighted by Gasteiger charge is 2.69. The average molecular weight is 600 g/mol. The summed E-state index contributed by atoms with van der Waals surface area (Å²) in [5.74, 6) is 0.0841. The molecule has 5 nitrogen and oxygen atoms in total. The van der Waals surface area contributed by atoms with Crippen LogP contribution in [0.5, 0.6) is 0 Å². The summed E-state index contributed by atoms with van der Waals surface area (Å²) >= 11 is 0. The highest BCUT2D eigenvalue weighted by molar-refractivity contribution is 5.92. The number of fused-ring (bicyclic) bond motifs is 7. The number of hydrogen-bond acceptors (Lipinski definition) is 4. The molecule has 3 unspecified atom stereocenters. The Kier molecular flexibility index (Phi) is 7.41. The molecule has 7 atom stereocenters. The molecule has 0 spiro atoms. The van der Waals surface area contributed by atoms with E-state index in [2.05, 4.69) is 59.7 Å². The lowest BCUT2D eigenvalue weighted by atomic mass is 9.33. The van der Waals surface area contributed by atoms with E-state index in [4.69, 9.17) is 4.84 Å². The standard InChI is InChI=1S/C39H53NO4/c1-34(2)21-23-39(33(42)43)24-22-37(6)27(28(39)25-34)14-15-30-36(5)19-18-31(35(3,4)29(36)17-20-38(30,37)7)40-44-32(41)16-13-26-11-9-8-10-12-26/h8-14,16,28-30H,15,17-25H2,1-7H3,(H,42,43)/b16-13+,40-31+/t28?,29?,30?,36-,37+,38+,39-/m0/s1. The predicted molar refractivity (Wildman–Crippen MR) is 176 cm³/mol. The van der Waals surface area contributed by atoms with Crippen LogP contribution in [0, 0.1) is 50.2 Å². The Balaban J connectivity index is 1.27. The van der Waals surface area contributed by atoms with Crippen molar-refractivity contribution in [1.29, 1.82) is 0 Å². The van der Waals surface area contributed by atoms with Crippen LogP contribution >= 0.6 is 0 Å². The van der Waals surface area contributed by atoms with Gasteiger partial charge in [-0.2, -0.15) is 0 Å². The second-order valence-corrected chi connectivity index (χ2v) is 17.1. The van der Waals surface area contributed by atoms with Crippen molar-refractivity contribution in [3.05, 3.63) is 53.6 Å². The molecule has 0 aliphatic heterocycles. The Morgan fingerprint density at radius 1 is 0.909 bits per heavy atom. The van der Waals surface area contributed by atoms with Gasteiger partial charge in [-0.25, -0.2) is 4.79 Å². The van der Waals surface area contributed by atoms with Crippen molar-refractivity contribution >= 4 is 23.7 Å². The number of hydrogen-bond donors (Lipinski definition) is 1. The van der Waals surface area contributed by atoms with Crippen LogP contribution in [-0.2, 0) is 14.4 Å². The minimum Gasteiger partial charge on any atom is -0.481 e. The van der Waals surface area contributed by atoms with Gasteiger partial charge in [-0.1, -0.05) is 95.6 Å². The third-order valence-electron chi connectivity index (χ3n) is 14.3. The van der Waals surface area contributed by atoms with Gasteiger partial charge in [0.25, 0.3) is 0 Å². The van der Waals surface area contributed by atoms with Crippen LogP contribution < -0.4 is 0 Å². The lowest BCUT2D eigenvalue weighted by Gasteiger charge is -2.70. The molecular weight excluding hydrogens is 546 g/mol. The molecule has 0 aromatic heterocycles. The Bertz CT molecular complexity index is 1420. The van der Waals surface area contributed by atoms with Gasteiger partial charge in [-0.05, 0) is 115 Å². The summed E-state index contributed by atoms with van der Waals surface area (Å²) in [6, 6.07) is 9.74. The van der Waals surface area contributed by atoms with Gasteiger partial charge in [0.1, 0.15) is 0 Å². The Labute approximate surface area is 264 Å². The molecule has 1 N–H and O–H groups in total. The van der Waals surface area contributed by atoms with Gasteiger partial charge in [-0.15, -0.1) is 0 Å². The van der Waals surface area contributed by atoms with Crippen molar-refractivity contribution in [1.82, 2.24) is 0 Å². The van der Waals surface area contributed by atoms with E-state index in [0.717, 1.165) is 75.5 Å². The van der Waals surface area contributed by atoms with Gasteiger partial charge in [0, 0.05) is 11.5 Å². The average Bonchev–Trinajstić information content (AvgIpc) is 2.96. The summed E-state index contributed by atoms with van der Waals surface area (Å²) in [7, 11) is 0. The van der Waals surface area contributed by atoms with Crippen molar-refractivity contribution < 1.29 is 19.5 Å². The van der Waals surface area contributed by atoms with E-state index in [0.29, 0.717) is 11.8 Å². The second-order valence-electron chi connectivity index (χ2n) is 17.1. The molecule has 44 heavy (non-hydrogen) atoms. The van der Waals surface area contributed by atoms with Crippen LogP contribution in [-0.4, -0.2) is 22.8 Å². The molecule has 0 amide bonds. The molecule has 5 aliphatic carbocycles. The number of benzene rings is 1. The molecule has 0 radical (unpaired) electrons. The molecule has 5 heteroatoms. The van der Waals surface area contributed by atoms with Crippen LogP contribution in [0.25, 0.3) is 6.08 Å². The van der Waals surface area contributed by atoms with Gasteiger partial charge in [0.05, 0.1) is 11.1 Å². The number of oxime groups is 1. The molecule has 238 valence electrons. The SMILES string of the molecule is CC1(C)CC[C@]2(C(=O)O)CC[C@]3(C)C(=CCC4[C@@]5(C)CC/C(=N\OC(=O)/C=C/c6ccccc6)C(C)(C)C5CC[C@]43C)C2C1. The Morgan fingerprint density at radius 3 is 2.32 bits per heavy atom. The monoisotopic (exact) mass is 599 g/mol. The highest BCUT2D eigenvalue weighted by atomic mass is 16.7. The second kappa shape index (κ2) is 10.4. The minimum absolute atomic E-state index is 0.0139. The molecule has 5 aliphatic rings. The normalized spacial score (nSPS) is 41.5. The fraction of sp³-hybridized carbons (Fsp3) is 0.667. The van der Waals surface area contributed by atoms with Crippen molar-refractivity contribution in [3.63, 3.8) is 0 Å². The van der Waals surface area contributed by atoms with Gasteiger partial charge >= 0.3 is 11.9 Å². The molecule has 0 saturated heterocycles. The largest absolute Gasteiger partial charge is 0.481 e. The van der Waals surface area contributed by atoms with E-state index in [1.807, 2.05) is 30.3 Å². The third kappa shape index (κ3) is 4.57. The molecule has 6 rings (SSSR count). The predicted octanol–water partition coefficient (Wildman–Crippen LogP) is 9.49. The van der Waals surface area contributed by atoms with E-state index in [9.17, 15) is 14.7 Å². The summed E-state index contributed by atoms with van der Waals surface area (Å²) in [5.41, 5.74) is 3.09. The summed E-state index contributed by atoms with van der Waals surface area (Å²) in [4.78, 5) is 31.0. The van der Waals surface area contributed by atoms with E-state index in [1.54, 1.807) is 6.08 Å². The van der Waals surface area contributed by atoms with Gasteiger partial charge in [-0.3, -0.25) is 4.79 Å². The van der Waals surface area contributed by atoms with Crippen LogP contribution in [0.3, 0.4) is 0 Å². The molecule has 1 aromatic carbocycles.